The van der Waals surface area contributed by atoms with Gasteiger partial charge in [0.2, 0.25) is 5.91 Å². The van der Waals surface area contributed by atoms with Gasteiger partial charge in [-0.05, 0) is 73.0 Å². The molecule has 3 aromatic carbocycles. The average molecular weight is 571 g/mol. The van der Waals surface area contributed by atoms with Crippen molar-refractivity contribution in [3.8, 4) is 0 Å². The molecule has 1 heterocycles. The Hall–Kier alpha value is -4.67. The summed E-state index contributed by atoms with van der Waals surface area (Å²) in [5, 5.41) is 9.68. The minimum absolute atomic E-state index is 0.108. The van der Waals surface area contributed by atoms with Crippen LogP contribution in [0.4, 0.5) is 11.4 Å². The smallest absolute Gasteiger partial charge is 0.272 e. The lowest BCUT2D eigenvalue weighted by atomic mass is 10.1. The van der Waals surface area contributed by atoms with Gasteiger partial charge in [0, 0.05) is 21.0 Å². The normalized spacial score (nSPS) is 11.8. The van der Waals surface area contributed by atoms with E-state index in [9.17, 15) is 19.2 Å². The zero-order chi connectivity index (χ0) is 28.5. The van der Waals surface area contributed by atoms with Gasteiger partial charge in [0.15, 0.2) is 0 Å². The second-order valence-electron chi connectivity index (χ2n) is 8.53. The van der Waals surface area contributed by atoms with Crippen molar-refractivity contribution in [3.63, 3.8) is 0 Å². The van der Waals surface area contributed by atoms with Gasteiger partial charge in [0.1, 0.15) is 5.70 Å². The number of carbonyl (C=O) groups is 4. The van der Waals surface area contributed by atoms with E-state index in [-0.39, 0.29) is 17.2 Å². The fourth-order valence-electron chi connectivity index (χ4n) is 3.57. The molecule has 4 amide bonds. The Morgan fingerprint density at radius 1 is 0.850 bits per heavy atom. The first-order valence-electron chi connectivity index (χ1n) is 12.2. The van der Waals surface area contributed by atoms with E-state index in [0.29, 0.717) is 16.9 Å². The number of para-hydroxylation sites is 1. The molecule has 0 aliphatic heterocycles. The summed E-state index contributed by atoms with van der Waals surface area (Å²) in [6, 6.07) is 25.9. The molecule has 10 heteroatoms. The summed E-state index contributed by atoms with van der Waals surface area (Å²) in [4.78, 5) is 51.8. The second-order valence-corrected chi connectivity index (χ2v) is 10.9. The van der Waals surface area contributed by atoms with Crippen LogP contribution < -0.4 is 21.7 Å². The number of amides is 4. The van der Waals surface area contributed by atoms with Crippen molar-refractivity contribution in [2.75, 3.05) is 10.6 Å². The minimum Gasteiger partial charge on any atom is -0.366 e. The molecule has 4 aromatic rings. The van der Waals surface area contributed by atoms with Gasteiger partial charge in [-0.1, -0.05) is 36.4 Å². The topological polar surface area (TPSA) is 130 Å². The van der Waals surface area contributed by atoms with E-state index in [0.717, 1.165) is 9.77 Å². The molecule has 202 valence electrons. The average Bonchev–Trinajstić information content (AvgIpc) is 3.47. The predicted octanol–water partition coefficient (Wildman–Crippen LogP) is 5.38. The molecular weight excluding hydrogens is 544 g/mol. The Morgan fingerprint density at radius 2 is 1.55 bits per heavy atom. The first kappa shape index (κ1) is 28.3. The standard InChI is InChI=1S/C30H26N4O4S2/c1-19(28(36)33-25-12-6-5-11-24(25)27(31)35)40-22-15-13-21(14-16-22)32-30(38)26(18-23-10-7-17-39-23)34-29(37)20-8-3-2-4-9-20/h2-19H,1H3,(H2,31,35)(H,32,38)(H,33,36)(H,34,37)/b26-18-. The number of primary amides is 1. The fraction of sp³-hybridized carbons (Fsp3) is 0.0667. The maximum absolute atomic E-state index is 13.1. The lowest BCUT2D eigenvalue weighted by Crippen LogP contribution is -2.30. The van der Waals surface area contributed by atoms with E-state index in [1.165, 1.54) is 23.1 Å². The molecule has 0 aliphatic carbocycles. The molecule has 5 N–H and O–H groups in total. The molecule has 0 saturated carbocycles. The summed E-state index contributed by atoms with van der Waals surface area (Å²) >= 11 is 2.76. The van der Waals surface area contributed by atoms with Gasteiger partial charge in [-0.2, -0.15) is 0 Å². The Kier molecular flexibility index (Phi) is 9.50. The van der Waals surface area contributed by atoms with Crippen LogP contribution in [-0.4, -0.2) is 28.9 Å². The van der Waals surface area contributed by atoms with E-state index in [1.54, 1.807) is 85.8 Å². The maximum Gasteiger partial charge on any atom is 0.272 e. The van der Waals surface area contributed by atoms with E-state index in [2.05, 4.69) is 16.0 Å². The summed E-state index contributed by atoms with van der Waals surface area (Å²) in [6.07, 6.45) is 1.63. The number of thioether (sulfide) groups is 1. The summed E-state index contributed by atoms with van der Waals surface area (Å²) in [7, 11) is 0. The highest BCUT2D eigenvalue weighted by atomic mass is 32.2. The number of nitrogens with two attached hydrogens (primary N) is 1. The van der Waals surface area contributed by atoms with Gasteiger partial charge in [-0.3, -0.25) is 19.2 Å². The van der Waals surface area contributed by atoms with Crippen molar-refractivity contribution in [3.05, 3.63) is 118 Å². The number of hydrogen-bond acceptors (Lipinski definition) is 6. The molecule has 40 heavy (non-hydrogen) atoms. The minimum atomic E-state index is -0.623. The zero-order valence-electron chi connectivity index (χ0n) is 21.4. The number of carbonyl (C=O) groups excluding carboxylic acids is 4. The summed E-state index contributed by atoms with van der Waals surface area (Å²) in [5.41, 5.74) is 7.05. The molecule has 0 bridgehead atoms. The van der Waals surface area contributed by atoms with Crippen LogP contribution in [-0.2, 0) is 9.59 Å². The van der Waals surface area contributed by atoms with Gasteiger partial charge in [-0.25, -0.2) is 0 Å². The number of rotatable bonds is 10. The molecule has 4 rings (SSSR count). The Bertz CT molecular complexity index is 1540. The van der Waals surface area contributed by atoms with Crippen molar-refractivity contribution in [1.29, 1.82) is 0 Å². The van der Waals surface area contributed by atoms with Crippen molar-refractivity contribution >= 4 is 64.2 Å². The van der Waals surface area contributed by atoms with Gasteiger partial charge in [0.25, 0.3) is 17.7 Å². The number of anilines is 2. The highest BCUT2D eigenvalue weighted by molar-refractivity contribution is 8.00. The van der Waals surface area contributed by atoms with Crippen LogP contribution >= 0.6 is 23.1 Å². The lowest BCUT2D eigenvalue weighted by molar-refractivity contribution is -0.115. The molecular formula is C30H26N4O4S2. The molecule has 8 nitrogen and oxygen atoms in total. The molecule has 0 saturated heterocycles. The highest BCUT2D eigenvalue weighted by Gasteiger charge is 2.18. The summed E-state index contributed by atoms with van der Waals surface area (Å²) in [5.74, 6) is -1.77. The Morgan fingerprint density at radius 3 is 2.23 bits per heavy atom. The van der Waals surface area contributed by atoms with Crippen molar-refractivity contribution in [2.45, 2.75) is 17.1 Å². The SMILES string of the molecule is CC(Sc1ccc(NC(=O)/C(=C/c2cccs2)NC(=O)c2ccccc2)cc1)C(=O)Nc1ccccc1C(N)=O. The van der Waals surface area contributed by atoms with Crippen LogP contribution in [0, 0.1) is 0 Å². The van der Waals surface area contributed by atoms with Gasteiger partial charge in [0.05, 0.1) is 16.5 Å². The number of thiophene rings is 1. The zero-order valence-corrected chi connectivity index (χ0v) is 23.1. The molecule has 1 aromatic heterocycles. The summed E-state index contributed by atoms with van der Waals surface area (Å²) < 4.78 is 0. The molecule has 1 unspecified atom stereocenters. The maximum atomic E-state index is 13.1. The van der Waals surface area contributed by atoms with Crippen LogP contribution in [0.5, 0.6) is 0 Å². The largest absolute Gasteiger partial charge is 0.366 e. The Balaban J connectivity index is 1.40. The Labute approximate surface area is 239 Å². The van der Waals surface area contributed by atoms with Crippen LogP contribution in [0.25, 0.3) is 6.08 Å². The van der Waals surface area contributed by atoms with Crippen molar-refractivity contribution < 1.29 is 19.2 Å². The molecule has 0 fully saturated rings. The quantitative estimate of drug-likeness (QED) is 0.150. The second kappa shape index (κ2) is 13.4. The van der Waals surface area contributed by atoms with Crippen LogP contribution in [0.15, 0.2) is 107 Å². The number of benzene rings is 3. The van der Waals surface area contributed by atoms with E-state index >= 15 is 0 Å². The third-order valence-electron chi connectivity index (χ3n) is 5.60. The van der Waals surface area contributed by atoms with Crippen molar-refractivity contribution in [1.82, 2.24) is 5.32 Å². The third-order valence-corrected chi connectivity index (χ3v) is 7.53. The highest BCUT2D eigenvalue weighted by Crippen LogP contribution is 2.26. The van der Waals surface area contributed by atoms with Crippen LogP contribution in [0.1, 0.15) is 32.5 Å². The van der Waals surface area contributed by atoms with E-state index in [1.807, 2.05) is 23.6 Å². The third kappa shape index (κ3) is 7.68. The summed E-state index contributed by atoms with van der Waals surface area (Å²) in [6.45, 7) is 1.75. The molecule has 1 atom stereocenters. The first-order valence-corrected chi connectivity index (χ1v) is 14.0. The van der Waals surface area contributed by atoms with E-state index in [4.69, 9.17) is 5.73 Å². The van der Waals surface area contributed by atoms with Gasteiger partial charge < -0.3 is 21.7 Å². The number of hydrogen-bond donors (Lipinski definition) is 4. The first-order chi connectivity index (χ1) is 19.3. The van der Waals surface area contributed by atoms with Gasteiger partial charge in [-0.15, -0.1) is 23.1 Å². The van der Waals surface area contributed by atoms with Gasteiger partial charge >= 0.3 is 0 Å². The molecule has 0 spiro atoms. The van der Waals surface area contributed by atoms with Crippen molar-refractivity contribution in [2.24, 2.45) is 5.73 Å². The van der Waals surface area contributed by atoms with Crippen LogP contribution in [0.2, 0.25) is 0 Å². The number of nitrogens with one attached hydrogen (secondary N) is 3. The molecule has 0 aliphatic rings. The van der Waals surface area contributed by atoms with Crippen LogP contribution in [0.3, 0.4) is 0 Å². The predicted molar refractivity (Wildman–Crippen MR) is 160 cm³/mol. The lowest BCUT2D eigenvalue weighted by Gasteiger charge is -2.14. The monoisotopic (exact) mass is 570 g/mol. The van der Waals surface area contributed by atoms with E-state index < -0.39 is 23.0 Å². The fourth-order valence-corrected chi connectivity index (χ4v) is 5.10. The molecule has 0 radical (unpaired) electrons.